The highest BCUT2D eigenvalue weighted by atomic mass is 32.2. The second-order valence-electron chi connectivity index (χ2n) is 7.00. The highest BCUT2D eigenvalue weighted by Gasteiger charge is 2.17. The third-order valence-electron chi connectivity index (χ3n) is 4.78. The van der Waals surface area contributed by atoms with Crippen molar-refractivity contribution in [2.45, 2.75) is 12.1 Å². The third kappa shape index (κ3) is 5.53. The van der Waals surface area contributed by atoms with E-state index in [0.717, 1.165) is 22.7 Å². The van der Waals surface area contributed by atoms with Crippen LogP contribution in [0.3, 0.4) is 0 Å². The normalized spacial score (nSPS) is 10.6. The summed E-state index contributed by atoms with van der Waals surface area (Å²) in [5, 5.41) is 12.3. The van der Waals surface area contributed by atoms with Gasteiger partial charge in [-0.15, -0.1) is 10.2 Å². The average Bonchev–Trinajstić information content (AvgIpc) is 3.29. The molecule has 0 saturated carbocycles. The smallest absolute Gasteiger partial charge is 0.234 e. The first-order valence-corrected chi connectivity index (χ1v) is 11.5. The van der Waals surface area contributed by atoms with Gasteiger partial charge in [-0.1, -0.05) is 30.0 Å². The Bertz CT molecular complexity index is 1190. The second kappa shape index (κ2) is 10.7. The van der Waals surface area contributed by atoms with Gasteiger partial charge in [-0.05, 0) is 67.6 Å². The number of nitrogens with zero attached hydrogens (tertiary/aromatic N) is 3. The Kier molecular flexibility index (Phi) is 7.26. The molecular formula is C25H24N4O3S. The van der Waals surface area contributed by atoms with E-state index < -0.39 is 0 Å². The van der Waals surface area contributed by atoms with E-state index in [1.165, 1.54) is 11.8 Å². The molecule has 0 atom stereocenters. The molecule has 1 amide bonds. The summed E-state index contributed by atoms with van der Waals surface area (Å²) < 4.78 is 12.7. The number of para-hydroxylation sites is 1. The molecule has 1 aromatic heterocycles. The van der Waals surface area contributed by atoms with E-state index >= 15 is 0 Å². The second-order valence-corrected chi connectivity index (χ2v) is 7.94. The third-order valence-corrected chi connectivity index (χ3v) is 5.71. The Morgan fingerprint density at radius 2 is 1.64 bits per heavy atom. The number of rotatable bonds is 9. The zero-order valence-corrected chi connectivity index (χ0v) is 19.2. The molecule has 0 aliphatic rings. The van der Waals surface area contributed by atoms with Crippen LogP contribution in [0.2, 0.25) is 0 Å². The van der Waals surface area contributed by atoms with Crippen molar-refractivity contribution in [3.8, 4) is 28.6 Å². The van der Waals surface area contributed by atoms with Crippen LogP contribution in [0.15, 0.2) is 84.0 Å². The molecule has 168 valence electrons. The topological polar surface area (TPSA) is 78.3 Å². The Morgan fingerprint density at radius 3 is 2.30 bits per heavy atom. The highest BCUT2D eigenvalue weighted by molar-refractivity contribution is 7.99. The summed E-state index contributed by atoms with van der Waals surface area (Å²) >= 11 is 1.33. The molecule has 8 heteroatoms. The molecule has 0 unspecified atom stereocenters. The number of aromatic nitrogens is 3. The van der Waals surface area contributed by atoms with E-state index in [4.69, 9.17) is 9.47 Å². The van der Waals surface area contributed by atoms with Gasteiger partial charge in [0.15, 0.2) is 11.0 Å². The number of thioether (sulfide) groups is 1. The number of hydrogen-bond donors (Lipinski definition) is 1. The molecular weight excluding hydrogens is 436 g/mol. The number of nitrogens with one attached hydrogen (secondary N) is 1. The predicted molar refractivity (Wildman–Crippen MR) is 130 cm³/mol. The summed E-state index contributed by atoms with van der Waals surface area (Å²) in [6.07, 6.45) is 0. The first kappa shape index (κ1) is 22.4. The quantitative estimate of drug-likeness (QED) is 0.351. The minimum absolute atomic E-state index is 0.127. The number of carbonyl (C=O) groups is 1. The van der Waals surface area contributed by atoms with Gasteiger partial charge in [-0.25, -0.2) is 0 Å². The van der Waals surface area contributed by atoms with Crippen molar-refractivity contribution in [2.24, 2.45) is 0 Å². The Morgan fingerprint density at radius 1 is 0.939 bits per heavy atom. The SMILES string of the molecule is CCOc1ccc(NC(=O)CSc2nnc(-c3ccc(OC)cc3)n2-c2ccccc2)cc1. The summed E-state index contributed by atoms with van der Waals surface area (Å²) in [4.78, 5) is 12.6. The fourth-order valence-electron chi connectivity index (χ4n) is 3.23. The largest absolute Gasteiger partial charge is 0.497 e. The molecule has 0 fully saturated rings. The lowest BCUT2D eigenvalue weighted by Gasteiger charge is -2.11. The number of carbonyl (C=O) groups excluding carboxylic acids is 1. The number of methoxy groups -OCH3 is 1. The number of ether oxygens (including phenoxy) is 2. The predicted octanol–water partition coefficient (Wildman–Crippen LogP) is 5.07. The van der Waals surface area contributed by atoms with Gasteiger partial charge in [-0.2, -0.15) is 0 Å². The summed E-state index contributed by atoms with van der Waals surface area (Å²) in [6, 6.07) is 24.8. The van der Waals surface area contributed by atoms with Crippen LogP contribution in [-0.2, 0) is 4.79 Å². The molecule has 0 aliphatic carbocycles. The summed E-state index contributed by atoms with van der Waals surface area (Å²) in [6.45, 7) is 2.53. The molecule has 1 heterocycles. The highest BCUT2D eigenvalue weighted by Crippen LogP contribution is 2.29. The average molecular weight is 461 g/mol. The van der Waals surface area contributed by atoms with E-state index in [1.807, 2.05) is 90.4 Å². The molecule has 0 radical (unpaired) electrons. The van der Waals surface area contributed by atoms with Crippen molar-refractivity contribution >= 4 is 23.4 Å². The van der Waals surface area contributed by atoms with Crippen molar-refractivity contribution < 1.29 is 14.3 Å². The van der Waals surface area contributed by atoms with E-state index in [-0.39, 0.29) is 11.7 Å². The van der Waals surface area contributed by atoms with Crippen LogP contribution in [0.1, 0.15) is 6.92 Å². The van der Waals surface area contributed by atoms with Crippen LogP contribution in [-0.4, -0.2) is 40.1 Å². The molecule has 4 aromatic rings. The lowest BCUT2D eigenvalue weighted by atomic mass is 10.2. The van der Waals surface area contributed by atoms with Crippen molar-refractivity contribution in [1.82, 2.24) is 14.8 Å². The maximum absolute atomic E-state index is 12.6. The first-order valence-electron chi connectivity index (χ1n) is 10.5. The van der Waals surface area contributed by atoms with Gasteiger partial charge < -0.3 is 14.8 Å². The van der Waals surface area contributed by atoms with Crippen molar-refractivity contribution in [2.75, 3.05) is 24.8 Å². The molecule has 4 rings (SSSR count). The van der Waals surface area contributed by atoms with Crippen LogP contribution in [0.5, 0.6) is 11.5 Å². The van der Waals surface area contributed by atoms with Gasteiger partial charge in [0.2, 0.25) is 5.91 Å². The summed E-state index contributed by atoms with van der Waals surface area (Å²) in [5.74, 6) is 2.30. The van der Waals surface area contributed by atoms with Crippen molar-refractivity contribution in [1.29, 1.82) is 0 Å². The molecule has 0 spiro atoms. The van der Waals surface area contributed by atoms with Gasteiger partial charge in [0.1, 0.15) is 11.5 Å². The first-order chi connectivity index (χ1) is 16.2. The lowest BCUT2D eigenvalue weighted by molar-refractivity contribution is -0.113. The van der Waals surface area contributed by atoms with E-state index in [9.17, 15) is 4.79 Å². The molecule has 3 aromatic carbocycles. The van der Waals surface area contributed by atoms with E-state index in [2.05, 4.69) is 15.5 Å². The maximum Gasteiger partial charge on any atom is 0.234 e. The molecule has 0 bridgehead atoms. The van der Waals surface area contributed by atoms with Gasteiger partial charge in [0.25, 0.3) is 0 Å². The van der Waals surface area contributed by atoms with Crippen LogP contribution in [0.25, 0.3) is 17.1 Å². The Balaban J connectivity index is 1.52. The van der Waals surface area contributed by atoms with Crippen LogP contribution >= 0.6 is 11.8 Å². The standard InChI is InChI=1S/C25H24N4O3S/c1-3-32-22-15-11-19(12-16-22)26-23(30)17-33-25-28-27-24(18-9-13-21(31-2)14-10-18)29(25)20-7-5-4-6-8-20/h4-16H,3,17H2,1-2H3,(H,26,30). The maximum atomic E-state index is 12.6. The van der Waals surface area contributed by atoms with E-state index in [1.54, 1.807) is 7.11 Å². The number of anilines is 1. The molecule has 33 heavy (non-hydrogen) atoms. The van der Waals surface area contributed by atoms with Gasteiger partial charge in [0, 0.05) is 16.9 Å². The molecule has 0 saturated heterocycles. The Labute approximate surface area is 196 Å². The van der Waals surface area contributed by atoms with Crippen LogP contribution < -0.4 is 14.8 Å². The van der Waals surface area contributed by atoms with E-state index in [0.29, 0.717) is 23.3 Å². The van der Waals surface area contributed by atoms with Gasteiger partial charge in [-0.3, -0.25) is 9.36 Å². The van der Waals surface area contributed by atoms with Crippen LogP contribution in [0.4, 0.5) is 5.69 Å². The van der Waals surface area contributed by atoms with Gasteiger partial charge in [0.05, 0.1) is 19.5 Å². The fourth-order valence-corrected chi connectivity index (χ4v) is 3.98. The molecule has 7 nitrogen and oxygen atoms in total. The van der Waals surface area contributed by atoms with Gasteiger partial charge >= 0.3 is 0 Å². The minimum Gasteiger partial charge on any atom is -0.497 e. The summed E-state index contributed by atoms with van der Waals surface area (Å²) in [5.41, 5.74) is 2.54. The summed E-state index contributed by atoms with van der Waals surface area (Å²) in [7, 11) is 1.63. The monoisotopic (exact) mass is 460 g/mol. The molecule has 1 N–H and O–H groups in total. The fraction of sp³-hybridized carbons (Fsp3) is 0.160. The van der Waals surface area contributed by atoms with Crippen molar-refractivity contribution in [3.63, 3.8) is 0 Å². The lowest BCUT2D eigenvalue weighted by Crippen LogP contribution is -2.14. The molecule has 0 aliphatic heterocycles. The number of hydrogen-bond acceptors (Lipinski definition) is 6. The zero-order valence-electron chi connectivity index (χ0n) is 18.4. The van der Waals surface area contributed by atoms with Crippen molar-refractivity contribution in [3.05, 3.63) is 78.9 Å². The minimum atomic E-state index is -0.127. The Hall–Kier alpha value is -3.78. The number of benzene rings is 3. The van der Waals surface area contributed by atoms with Crippen LogP contribution in [0, 0.1) is 0 Å². The zero-order chi connectivity index (χ0) is 23.0. The number of amides is 1.